The van der Waals surface area contributed by atoms with E-state index in [9.17, 15) is 0 Å². The lowest BCUT2D eigenvalue weighted by Gasteiger charge is -2.30. The van der Waals surface area contributed by atoms with Gasteiger partial charge in [0, 0.05) is 31.6 Å². The van der Waals surface area contributed by atoms with Gasteiger partial charge < -0.3 is 10.2 Å². The van der Waals surface area contributed by atoms with Crippen molar-refractivity contribution in [3.05, 3.63) is 34.9 Å². The first kappa shape index (κ1) is 16.1. The summed E-state index contributed by atoms with van der Waals surface area (Å²) in [5.41, 5.74) is 5.15. The van der Waals surface area contributed by atoms with E-state index in [0.29, 0.717) is 0 Å². The zero-order valence-electron chi connectivity index (χ0n) is 13.1. The summed E-state index contributed by atoms with van der Waals surface area (Å²) in [5, 5.41) is 4.67. The first-order valence-corrected chi connectivity index (χ1v) is 7.55. The number of piperazine rings is 1. The quantitative estimate of drug-likeness (QED) is 0.923. The first-order chi connectivity index (χ1) is 9.69. The number of nitrogens with zero attached hydrogens (tertiary/aromatic N) is 2. The molecule has 114 valence electrons. The Labute approximate surface area is 133 Å². The van der Waals surface area contributed by atoms with E-state index in [1.807, 2.05) is 0 Å². The van der Waals surface area contributed by atoms with Crippen molar-refractivity contribution in [2.75, 3.05) is 31.1 Å². The van der Waals surface area contributed by atoms with E-state index in [2.05, 4.69) is 49.2 Å². The molecule has 1 saturated heterocycles. The van der Waals surface area contributed by atoms with Crippen LogP contribution in [0.4, 0.5) is 5.82 Å². The Morgan fingerprint density at radius 1 is 1.10 bits per heavy atom. The number of fused-ring (bicyclic) bond motifs is 1. The lowest BCUT2D eigenvalue weighted by atomic mass is 10.0. The second-order valence-electron chi connectivity index (χ2n) is 5.69. The standard InChI is InChI=1S/C17H23N3.ClH/c1-4-14-11-15-9-12(2)13(3)10-16(15)19-17(14)20-7-5-18-6-8-20;/h9-11,18H,4-8H2,1-3H3;1H. The van der Waals surface area contributed by atoms with Crippen molar-refractivity contribution in [1.82, 2.24) is 10.3 Å². The maximum Gasteiger partial charge on any atom is 0.132 e. The van der Waals surface area contributed by atoms with Gasteiger partial charge in [-0.3, -0.25) is 0 Å². The normalized spacial score (nSPS) is 15.1. The van der Waals surface area contributed by atoms with Crippen molar-refractivity contribution in [2.24, 2.45) is 0 Å². The number of pyridine rings is 1. The molecular formula is C17H24ClN3. The van der Waals surface area contributed by atoms with Crippen LogP contribution in [0.2, 0.25) is 0 Å². The fourth-order valence-corrected chi connectivity index (χ4v) is 2.88. The molecule has 3 nitrogen and oxygen atoms in total. The van der Waals surface area contributed by atoms with Gasteiger partial charge in [0.1, 0.15) is 5.82 Å². The SMILES string of the molecule is CCc1cc2cc(C)c(C)cc2nc1N1CCNCC1.Cl. The summed E-state index contributed by atoms with van der Waals surface area (Å²) in [4.78, 5) is 7.39. The molecule has 0 atom stereocenters. The van der Waals surface area contributed by atoms with Gasteiger partial charge in [-0.05, 0) is 55.2 Å². The minimum absolute atomic E-state index is 0. The molecular weight excluding hydrogens is 282 g/mol. The third-order valence-corrected chi connectivity index (χ3v) is 4.28. The van der Waals surface area contributed by atoms with Gasteiger partial charge in [0.2, 0.25) is 0 Å². The van der Waals surface area contributed by atoms with Crippen molar-refractivity contribution in [2.45, 2.75) is 27.2 Å². The summed E-state index contributed by atoms with van der Waals surface area (Å²) >= 11 is 0. The van der Waals surface area contributed by atoms with E-state index in [0.717, 1.165) is 38.1 Å². The molecule has 21 heavy (non-hydrogen) atoms. The van der Waals surface area contributed by atoms with Crippen molar-refractivity contribution in [1.29, 1.82) is 0 Å². The van der Waals surface area contributed by atoms with Gasteiger partial charge >= 0.3 is 0 Å². The molecule has 0 bridgehead atoms. The van der Waals surface area contributed by atoms with E-state index in [-0.39, 0.29) is 12.4 Å². The molecule has 1 N–H and O–H groups in total. The van der Waals surface area contributed by atoms with Crippen LogP contribution in [-0.4, -0.2) is 31.2 Å². The van der Waals surface area contributed by atoms with Crippen LogP contribution in [0.1, 0.15) is 23.6 Å². The monoisotopic (exact) mass is 305 g/mol. The van der Waals surface area contributed by atoms with Gasteiger partial charge in [-0.2, -0.15) is 0 Å². The smallest absolute Gasteiger partial charge is 0.132 e. The second-order valence-corrected chi connectivity index (χ2v) is 5.69. The summed E-state index contributed by atoms with van der Waals surface area (Å²) in [6.45, 7) is 10.8. The van der Waals surface area contributed by atoms with Crippen LogP contribution >= 0.6 is 12.4 Å². The van der Waals surface area contributed by atoms with Crippen LogP contribution in [0, 0.1) is 13.8 Å². The number of hydrogen-bond donors (Lipinski definition) is 1. The minimum Gasteiger partial charge on any atom is -0.354 e. The largest absolute Gasteiger partial charge is 0.354 e. The molecule has 3 rings (SSSR count). The van der Waals surface area contributed by atoms with Crippen molar-refractivity contribution < 1.29 is 0 Å². The Kier molecular flexibility index (Phi) is 5.07. The molecule has 1 aliphatic heterocycles. The zero-order chi connectivity index (χ0) is 14.1. The highest BCUT2D eigenvalue weighted by atomic mass is 35.5. The Bertz CT molecular complexity index is 633. The van der Waals surface area contributed by atoms with E-state index < -0.39 is 0 Å². The highest BCUT2D eigenvalue weighted by Gasteiger charge is 2.16. The van der Waals surface area contributed by atoms with Crippen molar-refractivity contribution >= 4 is 29.1 Å². The molecule has 0 amide bonds. The predicted octanol–water partition coefficient (Wildman–Crippen LogP) is 3.25. The zero-order valence-corrected chi connectivity index (χ0v) is 13.9. The maximum absolute atomic E-state index is 4.97. The van der Waals surface area contributed by atoms with Gasteiger partial charge in [0.25, 0.3) is 0 Å². The predicted molar refractivity (Wildman–Crippen MR) is 92.9 cm³/mol. The van der Waals surface area contributed by atoms with E-state index in [4.69, 9.17) is 4.98 Å². The van der Waals surface area contributed by atoms with Crippen molar-refractivity contribution in [3.8, 4) is 0 Å². The lowest BCUT2D eigenvalue weighted by molar-refractivity contribution is 0.584. The molecule has 2 aromatic rings. The van der Waals surface area contributed by atoms with Gasteiger partial charge in [-0.1, -0.05) is 6.92 Å². The van der Waals surface area contributed by atoms with Gasteiger partial charge in [0.15, 0.2) is 0 Å². The highest BCUT2D eigenvalue weighted by molar-refractivity contribution is 5.85. The van der Waals surface area contributed by atoms with Crippen LogP contribution in [0.5, 0.6) is 0 Å². The molecule has 1 fully saturated rings. The number of aromatic nitrogens is 1. The third kappa shape index (κ3) is 3.14. The average Bonchev–Trinajstić information content (AvgIpc) is 2.48. The van der Waals surface area contributed by atoms with E-state index in [1.54, 1.807) is 0 Å². The van der Waals surface area contributed by atoms with Crippen LogP contribution in [0.25, 0.3) is 10.9 Å². The minimum atomic E-state index is 0. The summed E-state index contributed by atoms with van der Waals surface area (Å²) in [7, 11) is 0. The van der Waals surface area contributed by atoms with E-state index >= 15 is 0 Å². The summed E-state index contributed by atoms with van der Waals surface area (Å²) < 4.78 is 0. The first-order valence-electron chi connectivity index (χ1n) is 7.55. The fraction of sp³-hybridized carbons (Fsp3) is 0.471. The van der Waals surface area contributed by atoms with Gasteiger partial charge in [-0.15, -0.1) is 12.4 Å². The van der Waals surface area contributed by atoms with Crippen LogP contribution in [0.3, 0.4) is 0 Å². The number of nitrogens with one attached hydrogen (secondary N) is 1. The molecule has 4 heteroatoms. The molecule has 0 saturated carbocycles. The summed E-state index contributed by atoms with van der Waals surface area (Å²) in [5.74, 6) is 1.18. The Hall–Kier alpha value is -1.32. The van der Waals surface area contributed by atoms with Crippen molar-refractivity contribution in [3.63, 3.8) is 0 Å². The number of halogens is 1. The molecule has 1 aliphatic rings. The van der Waals surface area contributed by atoms with Crippen LogP contribution in [0.15, 0.2) is 18.2 Å². The molecule has 0 aliphatic carbocycles. The van der Waals surface area contributed by atoms with Crippen LogP contribution < -0.4 is 10.2 Å². The maximum atomic E-state index is 4.97. The average molecular weight is 306 g/mol. The number of aryl methyl sites for hydroxylation is 3. The summed E-state index contributed by atoms with van der Waals surface area (Å²) in [6, 6.07) is 6.81. The molecule has 1 aromatic heterocycles. The van der Waals surface area contributed by atoms with Gasteiger partial charge in [0.05, 0.1) is 5.52 Å². The lowest BCUT2D eigenvalue weighted by Crippen LogP contribution is -2.44. The molecule has 0 radical (unpaired) electrons. The molecule has 0 unspecified atom stereocenters. The molecule has 1 aromatic carbocycles. The Balaban J connectivity index is 0.00000161. The number of benzene rings is 1. The number of hydrogen-bond acceptors (Lipinski definition) is 3. The number of rotatable bonds is 2. The van der Waals surface area contributed by atoms with Gasteiger partial charge in [-0.25, -0.2) is 4.98 Å². The molecule has 2 heterocycles. The second kappa shape index (κ2) is 6.63. The highest BCUT2D eigenvalue weighted by Crippen LogP contribution is 2.26. The Morgan fingerprint density at radius 3 is 2.43 bits per heavy atom. The molecule has 0 spiro atoms. The van der Waals surface area contributed by atoms with Crippen LogP contribution in [-0.2, 0) is 6.42 Å². The Morgan fingerprint density at radius 2 is 1.76 bits per heavy atom. The number of anilines is 1. The fourth-order valence-electron chi connectivity index (χ4n) is 2.88. The van der Waals surface area contributed by atoms with E-state index in [1.165, 1.54) is 27.9 Å². The third-order valence-electron chi connectivity index (χ3n) is 4.28. The summed E-state index contributed by atoms with van der Waals surface area (Å²) in [6.07, 6.45) is 1.04. The topological polar surface area (TPSA) is 28.2 Å².